The summed E-state index contributed by atoms with van der Waals surface area (Å²) in [5, 5.41) is 17.0. The van der Waals surface area contributed by atoms with Crippen LogP contribution < -0.4 is 0 Å². The number of nitrogens with zero attached hydrogens (tertiary/aromatic N) is 1. The zero-order valence-corrected chi connectivity index (χ0v) is 8.77. The van der Waals surface area contributed by atoms with Gasteiger partial charge in [0, 0.05) is 6.07 Å². The molecule has 0 unspecified atom stereocenters. The van der Waals surface area contributed by atoms with Crippen molar-refractivity contribution in [2.24, 2.45) is 0 Å². The van der Waals surface area contributed by atoms with Gasteiger partial charge in [0.05, 0.1) is 11.6 Å². The minimum absolute atomic E-state index is 0.189. The van der Waals surface area contributed by atoms with E-state index in [9.17, 15) is 8.78 Å². The molecule has 0 saturated heterocycles. The number of phenols is 1. The molecule has 0 bridgehead atoms. The van der Waals surface area contributed by atoms with Crippen molar-refractivity contribution in [3.05, 3.63) is 65.7 Å². The van der Waals surface area contributed by atoms with Crippen LogP contribution in [0.2, 0.25) is 0 Å². The quantitative estimate of drug-likeness (QED) is 0.759. The summed E-state index contributed by atoms with van der Waals surface area (Å²) in [4.78, 5) is 0. The molecule has 0 aromatic heterocycles. The van der Waals surface area contributed by atoms with Crippen LogP contribution in [-0.4, -0.2) is 5.11 Å². The van der Waals surface area contributed by atoms with Gasteiger partial charge in [-0.25, -0.2) is 8.78 Å². The van der Waals surface area contributed by atoms with E-state index in [0.29, 0.717) is 5.56 Å². The van der Waals surface area contributed by atoms with Crippen molar-refractivity contribution in [3.63, 3.8) is 0 Å². The molecule has 0 aliphatic carbocycles. The third kappa shape index (κ3) is 4.76. The molecule has 0 radical (unpaired) electrons. The Bertz CT molecular complexity index is 500. The number of aromatic hydroxyl groups is 1. The van der Waals surface area contributed by atoms with Crippen molar-refractivity contribution < 1.29 is 13.9 Å². The molecule has 17 heavy (non-hydrogen) atoms. The van der Waals surface area contributed by atoms with Crippen molar-refractivity contribution in [1.82, 2.24) is 0 Å². The van der Waals surface area contributed by atoms with Gasteiger partial charge in [-0.1, -0.05) is 6.07 Å². The highest BCUT2D eigenvalue weighted by Crippen LogP contribution is 2.07. The van der Waals surface area contributed by atoms with Crippen LogP contribution in [0.25, 0.3) is 0 Å². The predicted molar refractivity (Wildman–Crippen MR) is 59.2 cm³/mol. The van der Waals surface area contributed by atoms with Crippen LogP contribution in [0.15, 0.2) is 48.5 Å². The number of halogens is 2. The average molecular weight is 233 g/mol. The smallest absolute Gasteiger partial charge is 0.126 e. The molecular weight excluding hydrogens is 224 g/mol. The monoisotopic (exact) mass is 233 g/mol. The molecule has 4 heteroatoms. The molecule has 2 aromatic carbocycles. The molecule has 0 aliphatic heterocycles. The van der Waals surface area contributed by atoms with Gasteiger partial charge in [0.25, 0.3) is 0 Å². The number of rotatable bonds is 0. The molecular formula is C13H9F2NO. The Morgan fingerprint density at radius 2 is 1.47 bits per heavy atom. The lowest BCUT2D eigenvalue weighted by Crippen LogP contribution is -1.73. The average Bonchev–Trinajstić information content (AvgIpc) is 2.30. The zero-order valence-electron chi connectivity index (χ0n) is 8.77. The Hall–Kier alpha value is -2.41. The van der Waals surface area contributed by atoms with E-state index in [-0.39, 0.29) is 5.75 Å². The number of benzene rings is 2. The summed E-state index contributed by atoms with van der Waals surface area (Å²) in [5.41, 5.74) is 0.563. The molecule has 0 heterocycles. The van der Waals surface area contributed by atoms with Crippen molar-refractivity contribution in [3.8, 4) is 11.8 Å². The first kappa shape index (κ1) is 12.7. The predicted octanol–water partition coefficient (Wildman–Crippen LogP) is 3.23. The molecule has 2 aromatic rings. The summed E-state index contributed by atoms with van der Waals surface area (Å²) in [6.07, 6.45) is 0. The number of nitriles is 1. The van der Waals surface area contributed by atoms with E-state index in [0.717, 1.165) is 6.07 Å². The normalized spacial score (nSPS) is 8.76. The fraction of sp³-hybridized carbons (Fsp3) is 0. The lowest BCUT2D eigenvalue weighted by atomic mass is 10.2. The van der Waals surface area contributed by atoms with Gasteiger partial charge in [0.15, 0.2) is 0 Å². The molecule has 2 nitrogen and oxygen atoms in total. The maximum atomic E-state index is 11.9. The molecule has 1 N–H and O–H groups in total. The Kier molecular flexibility index (Phi) is 4.64. The lowest BCUT2D eigenvalue weighted by Gasteiger charge is -1.87. The zero-order chi connectivity index (χ0) is 12.7. The molecule has 0 fully saturated rings. The molecule has 86 valence electrons. The van der Waals surface area contributed by atoms with E-state index >= 15 is 0 Å². The highest BCUT2D eigenvalue weighted by Gasteiger charge is 1.88. The standard InChI is InChI=1S/C7H5NO.C6H4F2/c8-5-6-1-3-7(9)4-2-6;7-5-2-1-3-6(8)4-5/h1-4,9H;1-4H. The molecule has 0 spiro atoms. The first-order valence-corrected chi connectivity index (χ1v) is 4.72. The fourth-order valence-electron chi connectivity index (χ4n) is 0.996. The third-order valence-electron chi connectivity index (χ3n) is 1.78. The summed E-state index contributed by atoms with van der Waals surface area (Å²) in [5.74, 6) is -0.885. The van der Waals surface area contributed by atoms with E-state index < -0.39 is 11.6 Å². The topological polar surface area (TPSA) is 44.0 Å². The second-order valence-corrected chi connectivity index (χ2v) is 3.10. The third-order valence-corrected chi connectivity index (χ3v) is 1.78. The van der Waals surface area contributed by atoms with Gasteiger partial charge < -0.3 is 5.11 Å². The minimum atomic E-state index is -0.537. The second-order valence-electron chi connectivity index (χ2n) is 3.10. The van der Waals surface area contributed by atoms with Crippen LogP contribution in [0.1, 0.15) is 5.56 Å². The largest absolute Gasteiger partial charge is 0.508 e. The van der Waals surface area contributed by atoms with Crippen LogP contribution in [0, 0.1) is 23.0 Å². The van der Waals surface area contributed by atoms with Crippen molar-refractivity contribution in [2.75, 3.05) is 0 Å². The fourth-order valence-corrected chi connectivity index (χ4v) is 0.996. The van der Waals surface area contributed by atoms with Gasteiger partial charge in [0.1, 0.15) is 17.4 Å². The van der Waals surface area contributed by atoms with E-state index in [2.05, 4.69) is 0 Å². The van der Waals surface area contributed by atoms with Gasteiger partial charge in [0.2, 0.25) is 0 Å². The molecule has 0 saturated carbocycles. The van der Waals surface area contributed by atoms with Crippen molar-refractivity contribution >= 4 is 0 Å². The Morgan fingerprint density at radius 1 is 0.941 bits per heavy atom. The van der Waals surface area contributed by atoms with Gasteiger partial charge in [-0.2, -0.15) is 5.26 Å². The summed E-state index contributed by atoms with van der Waals surface area (Å²) < 4.78 is 23.9. The number of hydrogen-bond acceptors (Lipinski definition) is 2. The SMILES string of the molecule is Fc1cccc(F)c1.N#Cc1ccc(O)cc1. The minimum Gasteiger partial charge on any atom is -0.508 e. The lowest BCUT2D eigenvalue weighted by molar-refractivity contribution is 0.475. The van der Waals surface area contributed by atoms with E-state index in [1.807, 2.05) is 6.07 Å². The van der Waals surface area contributed by atoms with Gasteiger partial charge in [-0.15, -0.1) is 0 Å². The number of phenolic OH excluding ortho intramolecular Hbond substituents is 1. The molecule has 0 atom stereocenters. The van der Waals surface area contributed by atoms with Crippen LogP contribution in [0.3, 0.4) is 0 Å². The van der Waals surface area contributed by atoms with Crippen molar-refractivity contribution in [1.29, 1.82) is 5.26 Å². The first-order valence-electron chi connectivity index (χ1n) is 4.72. The summed E-state index contributed by atoms with van der Waals surface area (Å²) >= 11 is 0. The highest BCUT2D eigenvalue weighted by atomic mass is 19.1. The summed E-state index contributed by atoms with van der Waals surface area (Å²) in [6, 6.07) is 12.6. The van der Waals surface area contributed by atoms with Crippen LogP contribution >= 0.6 is 0 Å². The summed E-state index contributed by atoms with van der Waals surface area (Å²) in [6.45, 7) is 0. The highest BCUT2D eigenvalue weighted by molar-refractivity contribution is 5.33. The Labute approximate surface area is 97.4 Å². The van der Waals surface area contributed by atoms with Crippen LogP contribution in [-0.2, 0) is 0 Å². The number of hydrogen-bond donors (Lipinski definition) is 1. The molecule has 0 amide bonds. The van der Waals surface area contributed by atoms with Crippen LogP contribution in [0.5, 0.6) is 5.75 Å². The van der Waals surface area contributed by atoms with Crippen LogP contribution in [0.4, 0.5) is 8.78 Å². The van der Waals surface area contributed by atoms with E-state index in [4.69, 9.17) is 10.4 Å². The first-order chi connectivity index (χ1) is 8.11. The van der Waals surface area contributed by atoms with Gasteiger partial charge in [-0.3, -0.25) is 0 Å². The second kappa shape index (κ2) is 6.23. The molecule has 2 rings (SSSR count). The Morgan fingerprint density at radius 3 is 1.82 bits per heavy atom. The van der Waals surface area contributed by atoms with Gasteiger partial charge in [-0.05, 0) is 36.4 Å². The van der Waals surface area contributed by atoms with Gasteiger partial charge >= 0.3 is 0 Å². The summed E-state index contributed by atoms with van der Waals surface area (Å²) in [7, 11) is 0. The maximum Gasteiger partial charge on any atom is 0.126 e. The van der Waals surface area contributed by atoms with E-state index in [1.165, 1.54) is 30.3 Å². The molecule has 0 aliphatic rings. The van der Waals surface area contributed by atoms with E-state index in [1.54, 1.807) is 12.1 Å². The Balaban J connectivity index is 0.000000171. The van der Waals surface area contributed by atoms with Crippen molar-refractivity contribution in [2.45, 2.75) is 0 Å². The maximum absolute atomic E-state index is 11.9.